The fourth-order valence-electron chi connectivity index (χ4n) is 2.49. The van der Waals surface area contributed by atoms with Gasteiger partial charge in [0, 0.05) is 12.5 Å². The lowest BCUT2D eigenvalue weighted by molar-refractivity contribution is 0.414. The third-order valence-corrected chi connectivity index (χ3v) is 3.86. The largest absolute Gasteiger partial charge is 0.497 e. The Labute approximate surface area is 132 Å². The molecule has 0 atom stereocenters. The topological polar surface area (TPSA) is 44.1 Å². The van der Waals surface area contributed by atoms with Crippen LogP contribution in [-0.4, -0.2) is 16.7 Å². The van der Waals surface area contributed by atoms with Gasteiger partial charge in [-0.3, -0.25) is 9.36 Å². The SMILES string of the molecule is CCc1nc2cccc(Cl)c2c(=O)n1-c1cccc(OC)c1. The summed E-state index contributed by atoms with van der Waals surface area (Å²) in [5, 5.41) is 0.846. The van der Waals surface area contributed by atoms with Gasteiger partial charge in [0.25, 0.3) is 5.56 Å². The van der Waals surface area contributed by atoms with Gasteiger partial charge in [-0.25, -0.2) is 4.98 Å². The lowest BCUT2D eigenvalue weighted by atomic mass is 10.2. The molecule has 1 heterocycles. The maximum atomic E-state index is 12.9. The molecule has 3 aromatic rings. The maximum absolute atomic E-state index is 12.9. The monoisotopic (exact) mass is 314 g/mol. The van der Waals surface area contributed by atoms with Crippen LogP contribution in [0.1, 0.15) is 12.7 Å². The van der Waals surface area contributed by atoms with Gasteiger partial charge < -0.3 is 4.74 Å². The Morgan fingerprint density at radius 2 is 2.00 bits per heavy atom. The van der Waals surface area contributed by atoms with Crippen LogP contribution in [-0.2, 0) is 6.42 Å². The van der Waals surface area contributed by atoms with Crippen molar-refractivity contribution in [2.75, 3.05) is 7.11 Å². The smallest absolute Gasteiger partial charge is 0.267 e. The van der Waals surface area contributed by atoms with Gasteiger partial charge in [-0.2, -0.15) is 0 Å². The highest BCUT2D eigenvalue weighted by Crippen LogP contribution is 2.22. The first kappa shape index (κ1) is 14.6. The first-order valence-electron chi connectivity index (χ1n) is 7.00. The molecule has 0 unspecified atom stereocenters. The van der Waals surface area contributed by atoms with Crippen LogP contribution in [0.3, 0.4) is 0 Å². The highest BCUT2D eigenvalue weighted by Gasteiger charge is 2.14. The highest BCUT2D eigenvalue weighted by atomic mass is 35.5. The molecule has 0 bridgehead atoms. The van der Waals surface area contributed by atoms with Crippen molar-refractivity contribution in [2.24, 2.45) is 0 Å². The molecule has 0 aliphatic heterocycles. The molecule has 0 N–H and O–H groups in total. The van der Waals surface area contributed by atoms with Crippen LogP contribution in [0.4, 0.5) is 0 Å². The molecule has 112 valence electrons. The average molecular weight is 315 g/mol. The highest BCUT2D eigenvalue weighted by molar-refractivity contribution is 6.35. The Hall–Kier alpha value is -2.33. The molecule has 22 heavy (non-hydrogen) atoms. The van der Waals surface area contributed by atoms with E-state index in [1.54, 1.807) is 29.9 Å². The maximum Gasteiger partial charge on any atom is 0.267 e. The number of rotatable bonds is 3. The molecule has 0 saturated carbocycles. The predicted molar refractivity (Wildman–Crippen MR) is 88.3 cm³/mol. The average Bonchev–Trinajstić information content (AvgIpc) is 2.54. The van der Waals surface area contributed by atoms with Gasteiger partial charge in [0.1, 0.15) is 11.6 Å². The van der Waals surface area contributed by atoms with Gasteiger partial charge in [0.15, 0.2) is 0 Å². The zero-order valence-electron chi connectivity index (χ0n) is 12.3. The minimum atomic E-state index is -0.166. The number of nitrogens with zero attached hydrogens (tertiary/aromatic N) is 2. The summed E-state index contributed by atoms with van der Waals surface area (Å²) < 4.78 is 6.83. The number of benzene rings is 2. The van der Waals surface area contributed by atoms with E-state index in [0.717, 1.165) is 5.69 Å². The van der Waals surface area contributed by atoms with E-state index in [1.165, 1.54) is 0 Å². The fraction of sp³-hybridized carbons (Fsp3) is 0.176. The van der Waals surface area contributed by atoms with Crippen LogP contribution in [0.15, 0.2) is 47.3 Å². The molecule has 0 radical (unpaired) electrons. The summed E-state index contributed by atoms with van der Waals surface area (Å²) in [5.41, 5.74) is 1.17. The van der Waals surface area contributed by atoms with Crippen LogP contribution in [0.5, 0.6) is 5.75 Å². The molecule has 1 aromatic heterocycles. The number of hydrogen-bond donors (Lipinski definition) is 0. The molecule has 0 saturated heterocycles. The van der Waals surface area contributed by atoms with Crippen LogP contribution < -0.4 is 10.3 Å². The molecule has 5 heteroatoms. The minimum Gasteiger partial charge on any atom is -0.497 e. The summed E-state index contributed by atoms with van der Waals surface area (Å²) in [6.45, 7) is 1.97. The van der Waals surface area contributed by atoms with Crippen molar-refractivity contribution < 1.29 is 4.74 Å². The van der Waals surface area contributed by atoms with Crippen molar-refractivity contribution in [3.63, 3.8) is 0 Å². The van der Waals surface area contributed by atoms with E-state index in [2.05, 4.69) is 4.98 Å². The zero-order valence-corrected chi connectivity index (χ0v) is 13.1. The molecule has 3 rings (SSSR count). The molecule has 0 amide bonds. The van der Waals surface area contributed by atoms with E-state index in [0.29, 0.717) is 33.9 Å². The molecule has 0 fully saturated rings. The molecular weight excluding hydrogens is 300 g/mol. The third kappa shape index (κ3) is 2.35. The lowest BCUT2D eigenvalue weighted by Crippen LogP contribution is -2.23. The van der Waals surface area contributed by atoms with E-state index in [1.807, 2.05) is 31.2 Å². The Morgan fingerprint density at radius 1 is 1.23 bits per heavy atom. The van der Waals surface area contributed by atoms with Crippen molar-refractivity contribution in [1.29, 1.82) is 0 Å². The summed E-state index contributed by atoms with van der Waals surface area (Å²) in [4.78, 5) is 17.5. The van der Waals surface area contributed by atoms with E-state index in [9.17, 15) is 4.79 Å². The van der Waals surface area contributed by atoms with E-state index in [4.69, 9.17) is 16.3 Å². The normalized spacial score (nSPS) is 10.9. The molecular formula is C17H15ClN2O2. The number of halogens is 1. The van der Waals surface area contributed by atoms with E-state index in [-0.39, 0.29) is 5.56 Å². The number of aromatic nitrogens is 2. The van der Waals surface area contributed by atoms with Crippen molar-refractivity contribution in [3.8, 4) is 11.4 Å². The first-order valence-corrected chi connectivity index (χ1v) is 7.38. The standard InChI is InChI=1S/C17H15ClN2O2/c1-3-15-19-14-9-5-8-13(18)16(14)17(21)20(15)11-6-4-7-12(10-11)22-2/h4-10H,3H2,1-2H3. The number of ether oxygens (including phenoxy) is 1. The van der Waals surface area contributed by atoms with Gasteiger partial charge >= 0.3 is 0 Å². The second-order valence-corrected chi connectivity index (χ2v) is 5.26. The Morgan fingerprint density at radius 3 is 2.73 bits per heavy atom. The minimum absolute atomic E-state index is 0.166. The van der Waals surface area contributed by atoms with Crippen LogP contribution >= 0.6 is 11.6 Å². The second-order valence-electron chi connectivity index (χ2n) is 4.86. The third-order valence-electron chi connectivity index (χ3n) is 3.54. The van der Waals surface area contributed by atoms with Gasteiger partial charge in [0.05, 0.1) is 28.7 Å². The van der Waals surface area contributed by atoms with Crippen LogP contribution in [0.2, 0.25) is 5.02 Å². The molecule has 0 spiro atoms. The summed E-state index contributed by atoms with van der Waals surface area (Å²) >= 11 is 6.20. The summed E-state index contributed by atoms with van der Waals surface area (Å²) in [5.74, 6) is 1.37. The first-order chi connectivity index (χ1) is 10.7. The van der Waals surface area contributed by atoms with E-state index < -0.39 is 0 Å². The molecule has 4 nitrogen and oxygen atoms in total. The summed E-state index contributed by atoms with van der Waals surface area (Å²) in [6.07, 6.45) is 0.634. The Balaban J connectivity index is 2.39. The molecule has 0 aliphatic rings. The summed E-state index contributed by atoms with van der Waals surface area (Å²) in [6, 6.07) is 12.6. The van der Waals surface area contributed by atoms with Crippen molar-refractivity contribution >= 4 is 22.5 Å². The Bertz CT molecular complexity index is 903. The van der Waals surface area contributed by atoms with Gasteiger partial charge in [-0.05, 0) is 24.3 Å². The second kappa shape index (κ2) is 5.81. The number of methoxy groups -OCH3 is 1. The van der Waals surface area contributed by atoms with Crippen LogP contribution in [0.25, 0.3) is 16.6 Å². The molecule has 0 aliphatic carbocycles. The number of hydrogen-bond acceptors (Lipinski definition) is 3. The van der Waals surface area contributed by atoms with Gasteiger partial charge in [-0.1, -0.05) is 30.7 Å². The number of aryl methyl sites for hydroxylation is 1. The predicted octanol–water partition coefficient (Wildman–Crippen LogP) is 3.61. The zero-order chi connectivity index (χ0) is 15.7. The fourth-order valence-corrected chi connectivity index (χ4v) is 2.74. The van der Waals surface area contributed by atoms with Crippen molar-refractivity contribution in [1.82, 2.24) is 9.55 Å². The lowest BCUT2D eigenvalue weighted by Gasteiger charge is -2.13. The molecule has 2 aromatic carbocycles. The van der Waals surface area contributed by atoms with Gasteiger partial charge in [-0.15, -0.1) is 0 Å². The van der Waals surface area contributed by atoms with E-state index >= 15 is 0 Å². The Kier molecular flexibility index (Phi) is 3.86. The van der Waals surface area contributed by atoms with Crippen molar-refractivity contribution in [2.45, 2.75) is 13.3 Å². The quantitative estimate of drug-likeness (QED) is 0.742. The van der Waals surface area contributed by atoms with Crippen molar-refractivity contribution in [3.05, 3.63) is 63.7 Å². The summed E-state index contributed by atoms with van der Waals surface area (Å²) in [7, 11) is 1.60. The van der Waals surface area contributed by atoms with Crippen LogP contribution in [0, 0.1) is 0 Å². The van der Waals surface area contributed by atoms with Gasteiger partial charge in [0.2, 0.25) is 0 Å². The number of fused-ring (bicyclic) bond motifs is 1.